The summed E-state index contributed by atoms with van der Waals surface area (Å²) in [6.45, 7) is 2.28. The molecule has 0 radical (unpaired) electrons. The van der Waals surface area contributed by atoms with Gasteiger partial charge in [-0.05, 0) is 37.2 Å². The molecule has 0 aromatic rings. The van der Waals surface area contributed by atoms with Crippen LogP contribution >= 0.6 is 15.9 Å². The lowest BCUT2D eigenvalue weighted by Gasteiger charge is -2.25. The standard InChI is InChI=1S/C15H21Br/c1-2-3-12-4-6-13(7-5-12)14-8-10-15(16)11-9-14/h4,6,8-10,12-13,15H,2-3,5,7,11H2,1H3. The van der Waals surface area contributed by atoms with E-state index in [0.717, 1.165) is 12.3 Å². The van der Waals surface area contributed by atoms with E-state index in [1.807, 2.05) is 0 Å². The van der Waals surface area contributed by atoms with E-state index in [2.05, 4.69) is 53.2 Å². The lowest BCUT2D eigenvalue weighted by molar-refractivity contribution is 0.461. The summed E-state index contributed by atoms with van der Waals surface area (Å²) < 4.78 is 0. The first kappa shape index (κ1) is 12.2. The van der Waals surface area contributed by atoms with Crippen molar-refractivity contribution in [1.82, 2.24) is 0 Å². The minimum atomic E-state index is 0.552. The minimum absolute atomic E-state index is 0.552. The Morgan fingerprint density at radius 3 is 2.69 bits per heavy atom. The molecule has 0 aromatic heterocycles. The summed E-state index contributed by atoms with van der Waals surface area (Å²) >= 11 is 3.62. The van der Waals surface area contributed by atoms with Crippen LogP contribution in [0.3, 0.4) is 0 Å². The summed E-state index contributed by atoms with van der Waals surface area (Å²) in [6, 6.07) is 0. The Morgan fingerprint density at radius 1 is 1.25 bits per heavy atom. The topological polar surface area (TPSA) is 0 Å². The predicted octanol–water partition coefficient (Wildman–Crippen LogP) is 5.02. The van der Waals surface area contributed by atoms with E-state index in [-0.39, 0.29) is 0 Å². The zero-order valence-corrected chi connectivity index (χ0v) is 11.6. The Hall–Kier alpha value is -0.300. The second-order valence-electron chi connectivity index (χ2n) is 4.93. The van der Waals surface area contributed by atoms with Crippen molar-refractivity contribution < 1.29 is 0 Å². The lowest BCUT2D eigenvalue weighted by Crippen LogP contribution is -2.11. The molecule has 0 N–H and O–H groups in total. The van der Waals surface area contributed by atoms with Gasteiger partial charge >= 0.3 is 0 Å². The van der Waals surface area contributed by atoms with Gasteiger partial charge in [-0.2, -0.15) is 0 Å². The Kier molecular flexibility index (Phi) is 4.45. The van der Waals surface area contributed by atoms with Gasteiger partial charge < -0.3 is 0 Å². The quantitative estimate of drug-likeness (QED) is 0.503. The van der Waals surface area contributed by atoms with Crippen molar-refractivity contribution in [3.63, 3.8) is 0 Å². The number of rotatable bonds is 3. The molecule has 2 rings (SSSR count). The maximum atomic E-state index is 3.62. The van der Waals surface area contributed by atoms with Gasteiger partial charge in [-0.25, -0.2) is 0 Å². The highest BCUT2D eigenvalue weighted by molar-refractivity contribution is 9.09. The van der Waals surface area contributed by atoms with Crippen molar-refractivity contribution in [2.24, 2.45) is 11.8 Å². The summed E-state index contributed by atoms with van der Waals surface area (Å²) in [5.74, 6) is 1.53. The molecule has 0 saturated carbocycles. The van der Waals surface area contributed by atoms with E-state index in [1.54, 1.807) is 0 Å². The van der Waals surface area contributed by atoms with Crippen LogP contribution in [0.2, 0.25) is 0 Å². The van der Waals surface area contributed by atoms with E-state index >= 15 is 0 Å². The molecule has 3 unspecified atom stereocenters. The normalized spacial score (nSPS) is 33.9. The van der Waals surface area contributed by atoms with Crippen LogP contribution in [-0.4, -0.2) is 4.83 Å². The van der Waals surface area contributed by atoms with E-state index in [4.69, 9.17) is 0 Å². The van der Waals surface area contributed by atoms with Gasteiger partial charge in [0.1, 0.15) is 0 Å². The van der Waals surface area contributed by atoms with E-state index in [9.17, 15) is 0 Å². The maximum absolute atomic E-state index is 3.62. The molecule has 0 bridgehead atoms. The molecule has 16 heavy (non-hydrogen) atoms. The molecule has 0 spiro atoms. The van der Waals surface area contributed by atoms with Gasteiger partial charge in [0.25, 0.3) is 0 Å². The van der Waals surface area contributed by atoms with Crippen molar-refractivity contribution in [1.29, 1.82) is 0 Å². The average molecular weight is 281 g/mol. The second kappa shape index (κ2) is 5.86. The molecule has 0 heterocycles. The minimum Gasteiger partial charge on any atom is -0.0848 e. The van der Waals surface area contributed by atoms with E-state index in [1.165, 1.54) is 31.3 Å². The fourth-order valence-electron chi connectivity index (χ4n) is 2.65. The third-order valence-electron chi connectivity index (χ3n) is 3.63. The Morgan fingerprint density at radius 2 is 2.12 bits per heavy atom. The first-order valence-electron chi connectivity index (χ1n) is 6.50. The highest BCUT2D eigenvalue weighted by Gasteiger charge is 2.18. The summed E-state index contributed by atoms with van der Waals surface area (Å²) in [7, 11) is 0. The lowest BCUT2D eigenvalue weighted by atomic mass is 9.81. The van der Waals surface area contributed by atoms with Crippen molar-refractivity contribution in [2.75, 3.05) is 0 Å². The second-order valence-corrected chi connectivity index (χ2v) is 6.11. The van der Waals surface area contributed by atoms with Crippen LogP contribution in [0, 0.1) is 11.8 Å². The van der Waals surface area contributed by atoms with Crippen LogP contribution in [0.1, 0.15) is 39.0 Å². The number of hydrogen-bond donors (Lipinski definition) is 0. The third kappa shape index (κ3) is 3.10. The Labute approximate surface area is 108 Å². The number of allylic oxidation sites excluding steroid dienone is 6. The smallest absolute Gasteiger partial charge is 0.0363 e. The molecule has 0 fully saturated rings. The van der Waals surface area contributed by atoms with Crippen molar-refractivity contribution >= 4 is 15.9 Å². The maximum Gasteiger partial charge on any atom is 0.0363 e. The van der Waals surface area contributed by atoms with Crippen molar-refractivity contribution in [2.45, 2.75) is 43.9 Å². The molecule has 88 valence electrons. The Bertz CT molecular complexity index is 311. The van der Waals surface area contributed by atoms with Gasteiger partial charge in [0.05, 0.1) is 0 Å². The fourth-order valence-corrected chi connectivity index (χ4v) is 2.99. The van der Waals surface area contributed by atoms with E-state index in [0.29, 0.717) is 10.7 Å². The first-order chi connectivity index (χ1) is 7.79. The van der Waals surface area contributed by atoms with Crippen molar-refractivity contribution in [3.05, 3.63) is 36.0 Å². The highest BCUT2D eigenvalue weighted by atomic mass is 79.9. The Balaban J connectivity index is 1.93. The van der Waals surface area contributed by atoms with Gasteiger partial charge in [-0.1, -0.05) is 59.7 Å². The van der Waals surface area contributed by atoms with Crippen LogP contribution in [-0.2, 0) is 0 Å². The van der Waals surface area contributed by atoms with Crippen molar-refractivity contribution in [3.8, 4) is 0 Å². The van der Waals surface area contributed by atoms with Gasteiger partial charge in [0.15, 0.2) is 0 Å². The molecule has 0 nitrogen and oxygen atoms in total. The average Bonchev–Trinajstić information content (AvgIpc) is 2.32. The molecule has 2 aliphatic rings. The van der Waals surface area contributed by atoms with Gasteiger partial charge in [-0.3, -0.25) is 0 Å². The molecular weight excluding hydrogens is 260 g/mol. The molecule has 0 aromatic carbocycles. The SMILES string of the molecule is CCCC1C=CC(C2=CCC(Br)C=C2)CC1. The van der Waals surface area contributed by atoms with Gasteiger partial charge in [0, 0.05) is 10.7 Å². The van der Waals surface area contributed by atoms with Crippen LogP contribution in [0.4, 0.5) is 0 Å². The monoisotopic (exact) mass is 280 g/mol. The molecule has 0 amide bonds. The first-order valence-corrected chi connectivity index (χ1v) is 7.41. The fraction of sp³-hybridized carbons (Fsp3) is 0.600. The van der Waals surface area contributed by atoms with Crippen LogP contribution in [0.15, 0.2) is 36.0 Å². The third-order valence-corrected chi connectivity index (χ3v) is 4.31. The van der Waals surface area contributed by atoms with Gasteiger partial charge in [-0.15, -0.1) is 0 Å². The molecule has 0 aliphatic heterocycles. The summed E-state index contributed by atoms with van der Waals surface area (Å²) in [6.07, 6.45) is 18.4. The largest absolute Gasteiger partial charge is 0.0848 e. The molecular formula is C15H21Br. The predicted molar refractivity (Wildman–Crippen MR) is 74.8 cm³/mol. The molecule has 1 heteroatoms. The summed E-state index contributed by atoms with van der Waals surface area (Å²) in [5.41, 5.74) is 1.53. The molecule has 3 atom stereocenters. The van der Waals surface area contributed by atoms with Crippen LogP contribution in [0.5, 0.6) is 0 Å². The number of alkyl halides is 1. The number of halogens is 1. The highest BCUT2D eigenvalue weighted by Crippen LogP contribution is 2.32. The van der Waals surface area contributed by atoms with Crippen LogP contribution < -0.4 is 0 Å². The summed E-state index contributed by atoms with van der Waals surface area (Å²) in [5, 5.41) is 0. The van der Waals surface area contributed by atoms with Crippen LogP contribution in [0.25, 0.3) is 0 Å². The molecule has 2 aliphatic carbocycles. The zero-order valence-electron chi connectivity index (χ0n) is 10.0. The van der Waals surface area contributed by atoms with E-state index < -0.39 is 0 Å². The molecule has 0 saturated heterocycles. The zero-order chi connectivity index (χ0) is 11.4. The summed E-state index contributed by atoms with van der Waals surface area (Å²) in [4.78, 5) is 0.552. The number of hydrogen-bond acceptors (Lipinski definition) is 0. The van der Waals surface area contributed by atoms with Gasteiger partial charge in [0.2, 0.25) is 0 Å².